The van der Waals surface area contributed by atoms with Crippen LogP contribution in [0.25, 0.3) is 0 Å². The Labute approximate surface area is 150 Å². The molecule has 4 rings (SSSR count). The first-order valence-corrected chi connectivity index (χ1v) is 8.47. The van der Waals surface area contributed by atoms with Gasteiger partial charge in [-0.2, -0.15) is 0 Å². The fourth-order valence-electron chi connectivity index (χ4n) is 3.08. The van der Waals surface area contributed by atoms with Crippen LogP contribution in [0.3, 0.4) is 0 Å². The van der Waals surface area contributed by atoms with Gasteiger partial charge in [0.15, 0.2) is 5.78 Å². The number of furan rings is 1. The third-order valence-electron chi connectivity index (χ3n) is 4.38. The Hall–Kier alpha value is -2.66. The second-order valence-electron chi connectivity index (χ2n) is 6.07. The second kappa shape index (κ2) is 6.69. The number of carbonyl (C=O) groups is 1. The molecule has 6 heteroatoms. The Kier molecular flexibility index (Phi) is 4.24. The zero-order valence-corrected chi connectivity index (χ0v) is 14.2. The number of anilines is 1. The van der Waals surface area contributed by atoms with E-state index in [0.717, 1.165) is 17.0 Å². The SMILES string of the molecule is O=C1C[C@H](c2ccc(Cl)cc2)Cc2nc(NCc3ccco3)ncc21. The second-order valence-corrected chi connectivity index (χ2v) is 6.50. The summed E-state index contributed by atoms with van der Waals surface area (Å²) >= 11 is 5.95. The largest absolute Gasteiger partial charge is 0.467 e. The predicted molar refractivity (Wildman–Crippen MR) is 94.9 cm³/mol. The monoisotopic (exact) mass is 353 g/mol. The smallest absolute Gasteiger partial charge is 0.223 e. The van der Waals surface area contributed by atoms with E-state index in [-0.39, 0.29) is 11.7 Å². The van der Waals surface area contributed by atoms with Crippen molar-refractivity contribution in [1.82, 2.24) is 9.97 Å². The first-order chi connectivity index (χ1) is 12.2. The molecule has 3 aromatic rings. The molecule has 0 saturated heterocycles. The van der Waals surface area contributed by atoms with Gasteiger partial charge in [0.2, 0.25) is 5.95 Å². The van der Waals surface area contributed by atoms with Crippen LogP contribution in [0, 0.1) is 0 Å². The van der Waals surface area contributed by atoms with Crippen LogP contribution in [-0.2, 0) is 13.0 Å². The van der Waals surface area contributed by atoms with E-state index in [1.807, 2.05) is 36.4 Å². The molecule has 126 valence electrons. The molecular weight excluding hydrogens is 338 g/mol. The molecule has 0 spiro atoms. The number of ketones is 1. The number of aromatic nitrogens is 2. The van der Waals surface area contributed by atoms with E-state index in [9.17, 15) is 4.79 Å². The normalized spacial score (nSPS) is 16.5. The molecule has 0 bridgehead atoms. The van der Waals surface area contributed by atoms with Crippen LogP contribution in [0.4, 0.5) is 5.95 Å². The summed E-state index contributed by atoms with van der Waals surface area (Å²) in [6, 6.07) is 11.4. The maximum atomic E-state index is 12.5. The molecule has 1 aliphatic carbocycles. The molecule has 0 aliphatic heterocycles. The highest BCUT2D eigenvalue weighted by Crippen LogP contribution is 2.32. The first-order valence-electron chi connectivity index (χ1n) is 8.10. The fraction of sp³-hybridized carbons (Fsp3) is 0.211. The minimum Gasteiger partial charge on any atom is -0.467 e. The number of nitrogens with one attached hydrogen (secondary N) is 1. The summed E-state index contributed by atoms with van der Waals surface area (Å²) in [7, 11) is 0. The third kappa shape index (κ3) is 3.42. The molecular formula is C19H16ClN3O2. The standard InChI is InChI=1S/C19H16ClN3O2/c20-14-5-3-12(4-6-14)13-8-17-16(18(24)9-13)11-22-19(23-17)21-10-15-2-1-7-25-15/h1-7,11,13H,8-10H2,(H,21,22,23)/t13-/m1/s1. The number of nitrogens with zero attached hydrogens (tertiary/aromatic N) is 2. The van der Waals surface area contributed by atoms with Crippen LogP contribution >= 0.6 is 11.6 Å². The van der Waals surface area contributed by atoms with Crippen molar-refractivity contribution in [2.24, 2.45) is 0 Å². The number of hydrogen-bond acceptors (Lipinski definition) is 5. The van der Waals surface area contributed by atoms with E-state index >= 15 is 0 Å². The molecule has 0 fully saturated rings. The van der Waals surface area contributed by atoms with Crippen molar-refractivity contribution < 1.29 is 9.21 Å². The average molecular weight is 354 g/mol. The molecule has 2 aromatic heterocycles. The lowest BCUT2D eigenvalue weighted by Crippen LogP contribution is -2.21. The molecule has 2 heterocycles. The van der Waals surface area contributed by atoms with Gasteiger partial charge < -0.3 is 9.73 Å². The van der Waals surface area contributed by atoms with Crippen molar-refractivity contribution in [2.75, 3.05) is 5.32 Å². The zero-order valence-electron chi connectivity index (χ0n) is 13.4. The molecule has 0 amide bonds. The van der Waals surface area contributed by atoms with Crippen LogP contribution in [0.15, 0.2) is 53.3 Å². The van der Waals surface area contributed by atoms with Gasteiger partial charge in [0, 0.05) is 17.6 Å². The molecule has 5 nitrogen and oxygen atoms in total. The summed E-state index contributed by atoms with van der Waals surface area (Å²) in [5.41, 5.74) is 2.51. The highest BCUT2D eigenvalue weighted by molar-refractivity contribution is 6.30. The predicted octanol–water partition coefficient (Wildman–Crippen LogP) is 4.25. The Bertz CT molecular complexity index is 892. The maximum absolute atomic E-state index is 12.5. The Morgan fingerprint density at radius 1 is 1.20 bits per heavy atom. The Morgan fingerprint density at radius 3 is 2.80 bits per heavy atom. The molecule has 0 radical (unpaired) electrons. The molecule has 0 unspecified atom stereocenters. The lowest BCUT2D eigenvalue weighted by atomic mass is 9.82. The average Bonchev–Trinajstić information content (AvgIpc) is 3.14. The van der Waals surface area contributed by atoms with Crippen LogP contribution < -0.4 is 5.32 Å². The highest BCUT2D eigenvalue weighted by atomic mass is 35.5. The topological polar surface area (TPSA) is 68.0 Å². The number of halogens is 1. The van der Waals surface area contributed by atoms with Crippen molar-refractivity contribution in [2.45, 2.75) is 25.3 Å². The summed E-state index contributed by atoms with van der Waals surface area (Å²) in [4.78, 5) is 21.2. The summed E-state index contributed by atoms with van der Waals surface area (Å²) in [5.74, 6) is 1.50. The summed E-state index contributed by atoms with van der Waals surface area (Å²) in [5, 5.41) is 3.82. The van der Waals surface area contributed by atoms with E-state index in [4.69, 9.17) is 16.0 Å². The minimum atomic E-state index is 0.0822. The Balaban J connectivity index is 1.55. The van der Waals surface area contributed by atoms with E-state index in [1.165, 1.54) is 0 Å². The fourth-order valence-corrected chi connectivity index (χ4v) is 3.21. The minimum absolute atomic E-state index is 0.0822. The molecule has 25 heavy (non-hydrogen) atoms. The van der Waals surface area contributed by atoms with Gasteiger partial charge in [0.1, 0.15) is 5.76 Å². The lowest BCUT2D eigenvalue weighted by Gasteiger charge is -2.23. The highest BCUT2D eigenvalue weighted by Gasteiger charge is 2.28. The van der Waals surface area contributed by atoms with Crippen LogP contribution in [-0.4, -0.2) is 15.8 Å². The van der Waals surface area contributed by atoms with Gasteiger partial charge in [-0.25, -0.2) is 9.97 Å². The number of carbonyl (C=O) groups excluding carboxylic acids is 1. The van der Waals surface area contributed by atoms with Gasteiger partial charge in [-0.3, -0.25) is 4.79 Å². The van der Waals surface area contributed by atoms with Crippen LogP contribution in [0.2, 0.25) is 5.02 Å². The van der Waals surface area contributed by atoms with Gasteiger partial charge in [-0.1, -0.05) is 23.7 Å². The summed E-state index contributed by atoms with van der Waals surface area (Å²) in [6.07, 6.45) is 4.42. The van der Waals surface area contributed by atoms with Crippen molar-refractivity contribution in [3.05, 3.63) is 76.5 Å². The molecule has 1 aromatic carbocycles. The number of rotatable bonds is 4. The van der Waals surface area contributed by atoms with E-state index in [0.29, 0.717) is 35.9 Å². The molecule has 1 N–H and O–H groups in total. The Morgan fingerprint density at radius 2 is 2.04 bits per heavy atom. The van der Waals surface area contributed by atoms with E-state index in [1.54, 1.807) is 12.5 Å². The summed E-state index contributed by atoms with van der Waals surface area (Å²) in [6.45, 7) is 0.500. The van der Waals surface area contributed by atoms with E-state index < -0.39 is 0 Å². The van der Waals surface area contributed by atoms with Gasteiger partial charge >= 0.3 is 0 Å². The van der Waals surface area contributed by atoms with Crippen molar-refractivity contribution in [3.63, 3.8) is 0 Å². The van der Waals surface area contributed by atoms with Gasteiger partial charge in [-0.15, -0.1) is 0 Å². The van der Waals surface area contributed by atoms with Gasteiger partial charge in [0.05, 0.1) is 24.1 Å². The zero-order chi connectivity index (χ0) is 17.2. The lowest BCUT2D eigenvalue weighted by molar-refractivity contribution is 0.0962. The number of benzene rings is 1. The number of fused-ring (bicyclic) bond motifs is 1. The van der Waals surface area contributed by atoms with Gasteiger partial charge in [0.25, 0.3) is 0 Å². The molecule has 1 aliphatic rings. The molecule has 1 atom stereocenters. The maximum Gasteiger partial charge on any atom is 0.223 e. The molecule has 0 saturated carbocycles. The van der Waals surface area contributed by atoms with Crippen LogP contribution in [0.1, 0.15) is 39.7 Å². The third-order valence-corrected chi connectivity index (χ3v) is 4.63. The van der Waals surface area contributed by atoms with Crippen LogP contribution in [0.5, 0.6) is 0 Å². The van der Waals surface area contributed by atoms with Gasteiger partial charge in [-0.05, 0) is 42.2 Å². The summed E-state index contributed by atoms with van der Waals surface area (Å²) < 4.78 is 5.29. The quantitative estimate of drug-likeness (QED) is 0.759. The van der Waals surface area contributed by atoms with Crippen molar-refractivity contribution >= 4 is 23.3 Å². The van der Waals surface area contributed by atoms with Crippen molar-refractivity contribution in [1.29, 1.82) is 0 Å². The van der Waals surface area contributed by atoms with E-state index in [2.05, 4.69) is 15.3 Å². The number of Topliss-reactive ketones (excluding diaryl/α,β-unsaturated/α-hetero) is 1. The van der Waals surface area contributed by atoms with Crippen molar-refractivity contribution in [3.8, 4) is 0 Å². The first kappa shape index (κ1) is 15.8. The number of hydrogen-bond donors (Lipinski definition) is 1.